The average molecular weight is 447 g/mol. The van der Waals surface area contributed by atoms with Gasteiger partial charge < -0.3 is 10.1 Å². The van der Waals surface area contributed by atoms with E-state index in [4.69, 9.17) is 4.74 Å². The van der Waals surface area contributed by atoms with Crippen LogP contribution in [0.2, 0.25) is 0 Å². The molecule has 2 aromatic rings. The van der Waals surface area contributed by atoms with Crippen molar-refractivity contribution >= 4 is 34.1 Å². The molecule has 2 heterocycles. The zero-order chi connectivity index (χ0) is 21.8. The van der Waals surface area contributed by atoms with Crippen LogP contribution in [0, 0.1) is 11.7 Å². The predicted molar refractivity (Wildman–Crippen MR) is 113 cm³/mol. The second-order valence-corrected chi connectivity index (χ2v) is 8.53. The monoisotopic (exact) mass is 446 g/mol. The summed E-state index contributed by atoms with van der Waals surface area (Å²) in [7, 11) is 0. The molecule has 4 rings (SSSR count). The second kappa shape index (κ2) is 9.63. The van der Waals surface area contributed by atoms with Crippen LogP contribution in [0.4, 0.5) is 9.52 Å². The normalized spacial score (nSPS) is 19.0. The maximum Gasteiger partial charge on any atom is 0.257 e. The number of carbonyl (C=O) groups is 3. The predicted octanol–water partition coefficient (Wildman–Crippen LogP) is 1.73. The van der Waals surface area contributed by atoms with Gasteiger partial charge in [-0.25, -0.2) is 9.37 Å². The molecule has 1 atom stereocenters. The largest absolute Gasteiger partial charge is 0.379 e. The highest BCUT2D eigenvalue weighted by Crippen LogP contribution is 2.32. The number of halogens is 1. The van der Waals surface area contributed by atoms with Gasteiger partial charge in [-0.2, -0.15) is 0 Å². The second-order valence-electron chi connectivity index (χ2n) is 7.53. The van der Waals surface area contributed by atoms with Crippen molar-refractivity contribution in [3.05, 3.63) is 46.2 Å². The Labute approximate surface area is 182 Å². The van der Waals surface area contributed by atoms with Gasteiger partial charge in [-0.1, -0.05) is 17.4 Å². The van der Waals surface area contributed by atoms with E-state index >= 15 is 0 Å². The number of nitrogens with zero attached hydrogens (tertiary/aromatic N) is 2. The maximum atomic E-state index is 13.3. The summed E-state index contributed by atoms with van der Waals surface area (Å²) in [6.45, 7) is 4.37. The molecular weight excluding hydrogens is 423 g/mol. The van der Waals surface area contributed by atoms with Crippen molar-refractivity contribution in [2.45, 2.75) is 12.8 Å². The number of rotatable bonds is 6. The number of carbonyl (C=O) groups excluding carboxylic acids is 3. The van der Waals surface area contributed by atoms with E-state index in [2.05, 4.69) is 20.5 Å². The van der Waals surface area contributed by atoms with E-state index in [1.54, 1.807) is 0 Å². The highest BCUT2D eigenvalue weighted by molar-refractivity contribution is 7.17. The van der Waals surface area contributed by atoms with Crippen molar-refractivity contribution in [3.8, 4) is 0 Å². The van der Waals surface area contributed by atoms with Gasteiger partial charge in [0.2, 0.25) is 5.91 Å². The Morgan fingerprint density at radius 2 is 2.06 bits per heavy atom. The van der Waals surface area contributed by atoms with Crippen molar-refractivity contribution in [3.63, 3.8) is 0 Å². The number of thiazole rings is 1. The van der Waals surface area contributed by atoms with Crippen LogP contribution in [0.15, 0.2) is 24.3 Å². The van der Waals surface area contributed by atoms with Gasteiger partial charge in [-0.05, 0) is 18.2 Å². The molecule has 2 amide bonds. The number of Topliss-reactive ketones (excluding diaryl/α,β-unsaturated/α-hetero) is 1. The van der Waals surface area contributed by atoms with Crippen LogP contribution in [0.25, 0.3) is 0 Å². The Balaban J connectivity index is 1.34. The first-order chi connectivity index (χ1) is 15.0. The number of nitrogens with one attached hydrogen (secondary N) is 2. The topological polar surface area (TPSA) is 101 Å². The first kappa shape index (κ1) is 21.5. The number of anilines is 1. The molecule has 164 valence electrons. The lowest BCUT2D eigenvalue weighted by Gasteiger charge is -2.27. The highest BCUT2D eigenvalue weighted by Gasteiger charge is 2.33. The summed E-state index contributed by atoms with van der Waals surface area (Å²) in [4.78, 5) is 44.4. The molecule has 1 aliphatic heterocycles. The number of hydrogen-bond acceptors (Lipinski definition) is 7. The molecule has 1 aromatic heterocycles. The van der Waals surface area contributed by atoms with Crippen LogP contribution in [0.1, 0.15) is 32.1 Å². The molecule has 8 nitrogen and oxygen atoms in total. The van der Waals surface area contributed by atoms with Crippen LogP contribution in [-0.2, 0) is 16.0 Å². The number of fused-ring (bicyclic) bond motifs is 1. The van der Waals surface area contributed by atoms with Gasteiger partial charge in [0.1, 0.15) is 5.82 Å². The summed E-state index contributed by atoms with van der Waals surface area (Å²) in [6.07, 6.45) is 0.465. The number of ether oxygens (including phenoxy) is 1. The molecule has 0 radical (unpaired) electrons. The van der Waals surface area contributed by atoms with Crippen molar-refractivity contribution in [1.82, 2.24) is 15.2 Å². The van der Waals surface area contributed by atoms with E-state index < -0.39 is 17.6 Å². The fraction of sp³-hybridized carbons (Fsp3) is 0.429. The third-order valence-corrected chi connectivity index (χ3v) is 6.39. The zero-order valence-corrected chi connectivity index (χ0v) is 17.7. The van der Waals surface area contributed by atoms with Crippen molar-refractivity contribution in [1.29, 1.82) is 0 Å². The van der Waals surface area contributed by atoms with Crippen molar-refractivity contribution in [2.24, 2.45) is 5.92 Å². The van der Waals surface area contributed by atoms with Gasteiger partial charge in [0.25, 0.3) is 5.91 Å². The van der Waals surface area contributed by atoms with Crippen LogP contribution in [0.3, 0.4) is 0 Å². The number of aromatic nitrogens is 1. The Bertz CT molecular complexity index is 990. The smallest absolute Gasteiger partial charge is 0.257 e. The summed E-state index contributed by atoms with van der Waals surface area (Å²) >= 11 is 1.08. The number of morpholine rings is 1. The number of ketones is 1. The summed E-state index contributed by atoms with van der Waals surface area (Å²) in [5.74, 6) is -1.80. The third kappa shape index (κ3) is 5.33. The summed E-state index contributed by atoms with van der Waals surface area (Å²) < 4.78 is 18.6. The van der Waals surface area contributed by atoms with Gasteiger partial charge in [0, 0.05) is 44.6 Å². The minimum Gasteiger partial charge on any atom is -0.379 e. The van der Waals surface area contributed by atoms with Crippen LogP contribution < -0.4 is 10.6 Å². The van der Waals surface area contributed by atoms with Crippen LogP contribution in [0.5, 0.6) is 0 Å². The van der Waals surface area contributed by atoms with E-state index in [9.17, 15) is 18.8 Å². The van der Waals surface area contributed by atoms with E-state index in [1.807, 2.05) is 0 Å². The fourth-order valence-corrected chi connectivity index (χ4v) is 4.61. The molecule has 1 fully saturated rings. The van der Waals surface area contributed by atoms with E-state index in [-0.39, 0.29) is 28.8 Å². The summed E-state index contributed by atoms with van der Waals surface area (Å²) in [5.41, 5.74) is 0.682. The maximum absolute atomic E-state index is 13.3. The Hall–Kier alpha value is -2.69. The number of benzene rings is 1. The summed E-state index contributed by atoms with van der Waals surface area (Å²) in [5, 5.41) is 5.79. The van der Waals surface area contributed by atoms with E-state index in [1.165, 1.54) is 18.2 Å². The lowest BCUT2D eigenvalue weighted by Crippen LogP contribution is -2.43. The van der Waals surface area contributed by atoms with E-state index in [0.717, 1.165) is 37.0 Å². The molecule has 2 aliphatic rings. The minimum atomic E-state index is -0.510. The van der Waals surface area contributed by atoms with E-state index in [0.29, 0.717) is 36.8 Å². The molecular formula is C21H23FN4O4S. The average Bonchev–Trinajstić information content (AvgIpc) is 3.17. The van der Waals surface area contributed by atoms with Gasteiger partial charge in [-0.3, -0.25) is 24.6 Å². The lowest BCUT2D eigenvalue weighted by atomic mass is 9.89. The van der Waals surface area contributed by atoms with Gasteiger partial charge >= 0.3 is 0 Å². The molecule has 0 saturated carbocycles. The van der Waals surface area contributed by atoms with Gasteiger partial charge in [-0.15, -0.1) is 0 Å². The highest BCUT2D eigenvalue weighted by atomic mass is 32.1. The fourth-order valence-electron chi connectivity index (χ4n) is 3.67. The molecule has 1 aromatic carbocycles. The minimum absolute atomic E-state index is 0.121. The standard InChI is InChI=1S/C21H23FN4O4S/c22-15-3-1-2-13(10-15)20(29)25-21-24-16-11-14(12-17(27)18(16)31-21)19(28)23-4-5-26-6-8-30-9-7-26/h1-3,10,14H,4-9,11-12H2,(H,23,28)(H,24,25,29)/t14-/m1/s1. The van der Waals surface area contributed by atoms with Crippen LogP contribution >= 0.6 is 11.3 Å². The van der Waals surface area contributed by atoms with Gasteiger partial charge in [0.15, 0.2) is 10.9 Å². The molecule has 1 saturated heterocycles. The SMILES string of the molecule is O=C(Nc1nc2c(s1)C(=O)C[C@H](C(=O)NCCN1CCOCC1)C2)c1cccc(F)c1. The Morgan fingerprint density at radius 3 is 2.84 bits per heavy atom. The first-order valence-corrected chi connectivity index (χ1v) is 11.0. The molecule has 2 N–H and O–H groups in total. The lowest BCUT2D eigenvalue weighted by molar-refractivity contribution is -0.125. The number of amides is 2. The zero-order valence-electron chi connectivity index (χ0n) is 16.9. The molecule has 31 heavy (non-hydrogen) atoms. The first-order valence-electron chi connectivity index (χ1n) is 10.2. The Morgan fingerprint density at radius 1 is 1.26 bits per heavy atom. The summed E-state index contributed by atoms with van der Waals surface area (Å²) in [6, 6.07) is 5.33. The Kier molecular flexibility index (Phi) is 6.69. The van der Waals surface area contributed by atoms with Crippen molar-refractivity contribution < 1.29 is 23.5 Å². The van der Waals surface area contributed by atoms with Gasteiger partial charge in [0.05, 0.1) is 29.7 Å². The molecule has 1 aliphatic carbocycles. The molecule has 0 bridgehead atoms. The van der Waals surface area contributed by atoms with Crippen molar-refractivity contribution in [2.75, 3.05) is 44.7 Å². The molecule has 0 spiro atoms. The number of hydrogen-bond donors (Lipinski definition) is 2. The molecule has 10 heteroatoms. The molecule has 0 unspecified atom stereocenters. The van der Waals surface area contributed by atoms with Crippen LogP contribution in [-0.4, -0.2) is 66.9 Å². The quantitative estimate of drug-likeness (QED) is 0.701. The third-order valence-electron chi connectivity index (χ3n) is 5.33.